The van der Waals surface area contributed by atoms with Crippen LogP contribution in [0.2, 0.25) is 0 Å². The Bertz CT molecular complexity index is 877. The van der Waals surface area contributed by atoms with Gasteiger partial charge in [-0.05, 0) is 48.7 Å². The average Bonchev–Trinajstić information content (AvgIpc) is 3.36. The Morgan fingerprint density at radius 2 is 1.89 bits per heavy atom. The molecule has 3 heterocycles. The van der Waals surface area contributed by atoms with Gasteiger partial charge in [-0.2, -0.15) is 0 Å². The predicted molar refractivity (Wildman–Crippen MR) is 103 cm³/mol. The predicted octanol–water partition coefficient (Wildman–Crippen LogP) is 2.88. The van der Waals surface area contributed by atoms with Gasteiger partial charge < -0.3 is 19.3 Å². The zero-order valence-electron chi connectivity index (χ0n) is 15.4. The lowest BCUT2D eigenvalue weighted by Gasteiger charge is -2.25. The number of hydrogen-bond donors (Lipinski definition) is 0. The summed E-state index contributed by atoms with van der Waals surface area (Å²) < 4.78 is 11.2. The number of ether oxygens (including phenoxy) is 2. The summed E-state index contributed by atoms with van der Waals surface area (Å²) in [6, 6.07) is 9.26. The molecular formula is C20H22N2O4S. The summed E-state index contributed by atoms with van der Waals surface area (Å²) >= 11 is 1.44. The first-order chi connectivity index (χ1) is 13.0. The second kappa shape index (κ2) is 7.23. The molecule has 2 amide bonds. The Balaban J connectivity index is 1.55. The molecule has 2 aromatic rings. The number of carbonyl (C=O) groups is 2. The van der Waals surface area contributed by atoms with Gasteiger partial charge in [0.05, 0.1) is 4.88 Å². The van der Waals surface area contributed by atoms with E-state index >= 15 is 0 Å². The smallest absolute Gasteiger partial charge is 0.264 e. The number of hydrogen-bond acceptors (Lipinski definition) is 5. The Morgan fingerprint density at radius 1 is 1.11 bits per heavy atom. The van der Waals surface area contributed by atoms with Gasteiger partial charge in [-0.1, -0.05) is 0 Å². The minimum Gasteiger partial charge on any atom is -0.486 e. The van der Waals surface area contributed by atoms with Crippen molar-refractivity contribution in [3.63, 3.8) is 0 Å². The van der Waals surface area contributed by atoms with Crippen LogP contribution in [0.25, 0.3) is 10.4 Å². The molecule has 0 spiro atoms. The van der Waals surface area contributed by atoms with Crippen LogP contribution < -0.4 is 9.47 Å². The van der Waals surface area contributed by atoms with Crippen molar-refractivity contribution in [2.45, 2.75) is 18.9 Å². The van der Waals surface area contributed by atoms with Crippen molar-refractivity contribution in [3.05, 3.63) is 35.2 Å². The Labute approximate surface area is 162 Å². The van der Waals surface area contributed by atoms with Crippen molar-refractivity contribution < 1.29 is 19.1 Å². The van der Waals surface area contributed by atoms with Crippen molar-refractivity contribution in [1.29, 1.82) is 0 Å². The van der Waals surface area contributed by atoms with Crippen LogP contribution in [0.5, 0.6) is 11.5 Å². The number of carbonyl (C=O) groups excluding carboxylic acids is 2. The van der Waals surface area contributed by atoms with Gasteiger partial charge in [0.1, 0.15) is 19.3 Å². The highest BCUT2D eigenvalue weighted by molar-refractivity contribution is 7.17. The van der Waals surface area contributed by atoms with Crippen LogP contribution in [-0.4, -0.2) is 61.5 Å². The zero-order chi connectivity index (χ0) is 19.0. The number of benzene rings is 1. The summed E-state index contributed by atoms with van der Waals surface area (Å²) in [7, 11) is 3.46. The van der Waals surface area contributed by atoms with Gasteiger partial charge in [-0.15, -0.1) is 11.3 Å². The van der Waals surface area contributed by atoms with Gasteiger partial charge in [-0.3, -0.25) is 9.59 Å². The first kappa shape index (κ1) is 17.9. The van der Waals surface area contributed by atoms with Crippen molar-refractivity contribution in [2.24, 2.45) is 0 Å². The van der Waals surface area contributed by atoms with Crippen LogP contribution in [-0.2, 0) is 4.79 Å². The zero-order valence-corrected chi connectivity index (χ0v) is 16.3. The molecule has 1 unspecified atom stereocenters. The van der Waals surface area contributed by atoms with E-state index in [1.807, 2.05) is 30.3 Å². The monoisotopic (exact) mass is 386 g/mol. The van der Waals surface area contributed by atoms with Crippen LogP contribution in [0.4, 0.5) is 0 Å². The normalized spacial score (nSPS) is 18.4. The molecule has 1 atom stereocenters. The van der Waals surface area contributed by atoms with Crippen LogP contribution in [0.3, 0.4) is 0 Å². The summed E-state index contributed by atoms with van der Waals surface area (Å²) in [5, 5.41) is 0. The third kappa shape index (κ3) is 3.39. The van der Waals surface area contributed by atoms with Gasteiger partial charge in [0.15, 0.2) is 11.5 Å². The van der Waals surface area contributed by atoms with Gasteiger partial charge in [-0.25, -0.2) is 0 Å². The highest BCUT2D eigenvalue weighted by Gasteiger charge is 2.35. The lowest BCUT2D eigenvalue weighted by Crippen LogP contribution is -2.45. The Hall–Kier alpha value is -2.54. The van der Waals surface area contributed by atoms with Crippen molar-refractivity contribution in [2.75, 3.05) is 33.9 Å². The van der Waals surface area contributed by atoms with Crippen molar-refractivity contribution >= 4 is 23.2 Å². The molecule has 4 rings (SSSR count). The van der Waals surface area contributed by atoms with Crippen LogP contribution in [0.1, 0.15) is 22.5 Å². The van der Waals surface area contributed by atoms with Crippen LogP contribution in [0.15, 0.2) is 30.3 Å². The summed E-state index contributed by atoms with van der Waals surface area (Å²) in [4.78, 5) is 30.3. The molecule has 1 aromatic carbocycles. The SMILES string of the molecule is CN(C)C(=O)C1CCCN1C(=O)c1ccc(-c2ccc3c(c2)OCCO3)s1. The van der Waals surface area contributed by atoms with Crippen LogP contribution in [0, 0.1) is 0 Å². The fourth-order valence-electron chi connectivity index (χ4n) is 3.51. The van der Waals surface area contributed by atoms with Crippen LogP contribution >= 0.6 is 11.3 Å². The summed E-state index contributed by atoms with van der Waals surface area (Å²) in [6.07, 6.45) is 1.58. The third-order valence-corrected chi connectivity index (χ3v) is 6.01. The number of likely N-dealkylation sites (tertiary alicyclic amines) is 1. The molecular weight excluding hydrogens is 364 g/mol. The Morgan fingerprint density at radius 3 is 2.67 bits per heavy atom. The molecule has 0 saturated carbocycles. The fraction of sp³-hybridized carbons (Fsp3) is 0.400. The standard InChI is InChI=1S/C20H22N2O4S/c1-21(2)19(23)14-4-3-9-22(14)20(24)18-8-7-17(27-18)13-5-6-15-16(12-13)26-11-10-25-15/h5-8,12,14H,3-4,9-11H2,1-2H3. The number of fused-ring (bicyclic) bond motifs is 1. The number of thiophene rings is 1. The minimum absolute atomic E-state index is 0.00975. The second-order valence-electron chi connectivity index (χ2n) is 6.91. The van der Waals surface area contributed by atoms with E-state index in [4.69, 9.17) is 9.47 Å². The quantitative estimate of drug-likeness (QED) is 0.814. The van der Waals surface area contributed by atoms with E-state index in [0.717, 1.165) is 34.8 Å². The molecule has 6 nitrogen and oxygen atoms in total. The maximum absolute atomic E-state index is 13.0. The topological polar surface area (TPSA) is 59.1 Å². The molecule has 1 fully saturated rings. The molecule has 1 aromatic heterocycles. The highest BCUT2D eigenvalue weighted by Crippen LogP contribution is 2.37. The largest absolute Gasteiger partial charge is 0.486 e. The van der Waals surface area contributed by atoms with Gasteiger partial charge in [0, 0.05) is 25.5 Å². The summed E-state index contributed by atoms with van der Waals surface area (Å²) in [5.41, 5.74) is 0.991. The molecule has 0 N–H and O–H groups in total. The van der Waals surface area contributed by atoms with Crippen molar-refractivity contribution in [1.82, 2.24) is 9.80 Å². The van der Waals surface area contributed by atoms with E-state index in [9.17, 15) is 9.59 Å². The lowest BCUT2D eigenvalue weighted by molar-refractivity contribution is -0.132. The molecule has 7 heteroatoms. The van der Waals surface area contributed by atoms with Crippen molar-refractivity contribution in [3.8, 4) is 21.9 Å². The average molecular weight is 386 g/mol. The molecule has 0 bridgehead atoms. The number of rotatable bonds is 3. The third-order valence-electron chi connectivity index (χ3n) is 4.88. The molecule has 0 aliphatic carbocycles. The highest BCUT2D eigenvalue weighted by atomic mass is 32.1. The first-order valence-corrected chi connectivity index (χ1v) is 9.88. The maximum Gasteiger partial charge on any atom is 0.264 e. The van der Waals surface area contributed by atoms with Gasteiger partial charge in [0.25, 0.3) is 5.91 Å². The molecule has 2 aliphatic heterocycles. The molecule has 1 saturated heterocycles. The Kier molecular flexibility index (Phi) is 4.78. The molecule has 2 aliphatic rings. The maximum atomic E-state index is 13.0. The first-order valence-electron chi connectivity index (χ1n) is 9.06. The molecule has 27 heavy (non-hydrogen) atoms. The van der Waals surface area contributed by atoms with E-state index in [0.29, 0.717) is 24.6 Å². The second-order valence-corrected chi connectivity index (χ2v) is 8.00. The number of amides is 2. The molecule has 0 radical (unpaired) electrons. The summed E-state index contributed by atoms with van der Waals surface area (Å²) in [6.45, 7) is 1.73. The van der Waals surface area contributed by atoms with E-state index in [1.165, 1.54) is 11.3 Å². The lowest BCUT2D eigenvalue weighted by atomic mass is 10.1. The van der Waals surface area contributed by atoms with E-state index in [2.05, 4.69) is 0 Å². The van der Waals surface area contributed by atoms with Gasteiger partial charge >= 0.3 is 0 Å². The number of nitrogens with zero attached hydrogens (tertiary/aromatic N) is 2. The van der Waals surface area contributed by atoms with E-state index < -0.39 is 0 Å². The van der Waals surface area contributed by atoms with Gasteiger partial charge in [0.2, 0.25) is 5.91 Å². The van der Waals surface area contributed by atoms with E-state index in [1.54, 1.807) is 23.9 Å². The summed E-state index contributed by atoms with van der Waals surface area (Å²) in [5.74, 6) is 1.40. The minimum atomic E-state index is -0.354. The molecule has 142 valence electrons. The fourth-order valence-corrected chi connectivity index (χ4v) is 4.47. The number of likely N-dealkylation sites (N-methyl/N-ethyl adjacent to an activating group) is 1. The van der Waals surface area contributed by atoms with E-state index in [-0.39, 0.29) is 17.9 Å².